The number of unbranched alkanes of at least 4 members (excludes halogenated alkanes) is 19. The van der Waals surface area contributed by atoms with Crippen molar-refractivity contribution in [1.29, 1.82) is 0 Å². The number of hydrogen-bond acceptors (Lipinski definition) is 1. The minimum absolute atomic E-state index is 1.32. The molecule has 1 nitrogen and oxygen atoms in total. The Morgan fingerprint density at radius 2 is 0.606 bits per heavy atom. The summed E-state index contributed by atoms with van der Waals surface area (Å²) in [6.07, 6.45) is 38.0. The van der Waals surface area contributed by atoms with Crippen LogP contribution in [0, 0.1) is 0 Å². The van der Waals surface area contributed by atoms with E-state index in [4.69, 9.17) is 0 Å². The molecule has 0 aliphatic carbocycles. The minimum atomic E-state index is -1.32. The molecule has 0 heterocycles. The fraction of sp³-hybridized carbons (Fsp3) is 1.00. The van der Waals surface area contributed by atoms with Crippen molar-refractivity contribution in [3.05, 3.63) is 0 Å². The monoisotopic (exact) mass is 486 g/mol. The Hall–Kier alpha value is 0.390. The van der Waals surface area contributed by atoms with Gasteiger partial charge in [-0.05, 0) is 0 Å². The summed E-state index contributed by atoms with van der Waals surface area (Å²) < 4.78 is 0. The zero-order chi connectivity index (χ0) is 24.3. The van der Waals surface area contributed by atoms with E-state index in [2.05, 4.69) is 32.8 Å². The van der Waals surface area contributed by atoms with E-state index in [9.17, 15) is 0 Å². The summed E-state index contributed by atoms with van der Waals surface area (Å²) in [5, 5.41) is 4.36. The van der Waals surface area contributed by atoms with Crippen LogP contribution in [0.25, 0.3) is 0 Å². The molecule has 2 heteroatoms. The van der Waals surface area contributed by atoms with Gasteiger partial charge in [-0.15, -0.1) is 0 Å². The van der Waals surface area contributed by atoms with Gasteiger partial charge in [-0.25, -0.2) is 0 Å². The third-order valence-corrected chi connectivity index (χ3v) is 12.7. The average molecular weight is 486 g/mol. The third kappa shape index (κ3) is 22.6. The summed E-state index contributed by atoms with van der Waals surface area (Å²) in [6.45, 7) is 10.7. The van der Waals surface area contributed by atoms with E-state index in [0.29, 0.717) is 0 Å². The molecule has 0 amide bonds. The fourth-order valence-electron chi connectivity index (χ4n) is 5.45. The van der Waals surface area contributed by atoms with E-state index in [1.165, 1.54) is 154 Å². The quantitative estimate of drug-likeness (QED) is 0.0858. The fourth-order valence-corrected chi connectivity index (χ4v) is 10.2. The molecular formula is C31H68NP. The van der Waals surface area contributed by atoms with E-state index in [0.717, 1.165) is 0 Å². The molecule has 0 bridgehead atoms. The Bertz CT molecular complexity index is 287. The number of rotatable bonds is 28. The first-order valence-corrected chi connectivity index (χ1v) is 18.6. The van der Waals surface area contributed by atoms with Gasteiger partial charge in [0.25, 0.3) is 0 Å². The van der Waals surface area contributed by atoms with Crippen molar-refractivity contribution in [3.63, 3.8) is 0 Å². The Kier molecular flexibility index (Phi) is 27.3. The molecule has 0 unspecified atom stereocenters. The van der Waals surface area contributed by atoms with Gasteiger partial charge in [-0.2, -0.15) is 0 Å². The maximum absolute atomic E-state index is 4.36. The second-order valence-corrected chi connectivity index (χ2v) is 15.6. The van der Waals surface area contributed by atoms with Crippen molar-refractivity contribution in [2.45, 2.75) is 175 Å². The van der Waals surface area contributed by atoms with Gasteiger partial charge in [-0.1, -0.05) is 0 Å². The molecule has 0 aromatic rings. The first kappa shape index (κ1) is 33.4. The topological polar surface area (TPSA) is 12.0 Å². The molecule has 1 N–H and O–H groups in total. The molecule has 0 aromatic carbocycles. The SMILES string of the molecule is CCCCCCCC[PH](CCCCCCCC)(CCCCCCCC)NCCCCCCC. The molecule has 202 valence electrons. The van der Waals surface area contributed by atoms with Crippen molar-refractivity contribution in [1.82, 2.24) is 5.09 Å². The average Bonchev–Trinajstić information content (AvgIpc) is 2.83. The van der Waals surface area contributed by atoms with Crippen LogP contribution in [-0.4, -0.2) is 25.0 Å². The van der Waals surface area contributed by atoms with Crippen molar-refractivity contribution in [2.24, 2.45) is 0 Å². The molecule has 0 aliphatic heterocycles. The Balaban J connectivity index is 4.74. The molecule has 0 fully saturated rings. The molecular weight excluding hydrogens is 417 g/mol. The van der Waals surface area contributed by atoms with Crippen LogP contribution in [0.4, 0.5) is 0 Å². The molecule has 0 saturated carbocycles. The summed E-state index contributed by atoms with van der Waals surface area (Å²) in [6, 6.07) is 0. The van der Waals surface area contributed by atoms with Crippen LogP contribution in [-0.2, 0) is 0 Å². The maximum atomic E-state index is 4.36. The number of nitrogens with one attached hydrogen (secondary N) is 1. The van der Waals surface area contributed by atoms with Crippen LogP contribution < -0.4 is 5.09 Å². The van der Waals surface area contributed by atoms with Gasteiger partial charge in [-0.3, -0.25) is 0 Å². The van der Waals surface area contributed by atoms with Crippen LogP contribution in [0.2, 0.25) is 0 Å². The van der Waals surface area contributed by atoms with E-state index in [1.807, 2.05) is 0 Å². The first-order valence-electron chi connectivity index (χ1n) is 16.0. The standard InChI is InChI=1S/C31H68NP/c1-5-9-13-17-21-25-29-33(30-26-22-18-14-10-6-2,31-27-23-19-15-11-7-3)32-28-24-20-16-12-8-4/h32-33H,5-31H2,1-4H3. The van der Waals surface area contributed by atoms with Crippen LogP contribution in [0.3, 0.4) is 0 Å². The zero-order valence-electron chi connectivity index (χ0n) is 24.1. The third-order valence-electron chi connectivity index (χ3n) is 7.81. The molecule has 0 radical (unpaired) electrons. The van der Waals surface area contributed by atoms with Gasteiger partial charge in [0, 0.05) is 0 Å². The van der Waals surface area contributed by atoms with Crippen LogP contribution in [0.15, 0.2) is 0 Å². The van der Waals surface area contributed by atoms with E-state index in [-0.39, 0.29) is 0 Å². The molecule has 0 saturated heterocycles. The second kappa shape index (κ2) is 27.0. The molecule has 0 aliphatic rings. The van der Waals surface area contributed by atoms with Gasteiger partial charge in [0.15, 0.2) is 0 Å². The summed E-state index contributed by atoms with van der Waals surface area (Å²) in [5.74, 6) is 0. The summed E-state index contributed by atoms with van der Waals surface area (Å²) in [7, 11) is -1.32. The van der Waals surface area contributed by atoms with Crippen LogP contribution in [0.5, 0.6) is 0 Å². The van der Waals surface area contributed by atoms with Gasteiger partial charge in [0.2, 0.25) is 0 Å². The summed E-state index contributed by atoms with van der Waals surface area (Å²) in [4.78, 5) is 0. The predicted molar refractivity (Wildman–Crippen MR) is 160 cm³/mol. The molecule has 0 spiro atoms. The normalized spacial score (nSPS) is 12.5. The van der Waals surface area contributed by atoms with Gasteiger partial charge >= 0.3 is 213 Å². The van der Waals surface area contributed by atoms with Crippen molar-refractivity contribution < 1.29 is 0 Å². The van der Waals surface area contributed by atoms with Crippen LogP contribution in [0.1, 0.15) is 175 Å². The second-order valence-electron chi connectivity index (χ2n) is 11.2. The van der Waals surface area contributed by atoms with Gasteiger partial charge in [0.05, 0.1) is 0 Å². The van der Waals surface area contributed by atoms with Crippen LogP contribution >= 0.6 is 7.41 Å². The molecule has 33 heavy (non-hydrogen) atoms. The first-order chi connectivity index (χ1) is 16.2. The van der Waals surface area contributed by atoms with E-state index in [1.54, 1.807) is 18.5 Å². The van der Waals surface area contributed by atoms with E-state index >= 15 is 0 Å². The van der Waals surface area contributed by atoms with Gasteiger partial charge in [0.1, 0.15) is 0 Å². The number of hydrogen-bond donors (Lipinski definition) is 1. The molecule has 0 aromatic heterocycles. The molecule has 0 rings (SSSR count). The summed E-state index contributed by atoms with van der Waals surface area (Å²) in [5.41, 5.74) is 0. The Labute approximate surface area is 212 Å². The Morgan fingerprint density at radius 3 is 0.939 bits per heavy atom. The zero-order valence-corrected chi connectivity index (χ0v) is 25.1. The van der Waals surface area contributed by atoms with Crippen molar-refractivity contribution >= 4 is 7.41 Å². The Morgan fingerprint density at radius 1 is 0.333 bits per heavy atom. The van der Waals surface area contributed by atoms with Crippen molar-refractivity contribution in [2.75, 3.05) is 25.0 Å². The summed E-state index contributed by atoms with van der Waals surface area (Å²) >= 11 is 0. The van der Waals surface area contributed by atoms with Gasteiger partial charge < -0.3 is 0 Å². The van der Waals surface area contributed by atoms with E-state index < -0.39 is 7.41 Å². The van der Waals surface area contributed by atoms with Crippen molar-refractivity contribution in [3.8, 4) is 0 Å². The molecule has 0 atom stereocenters. The predicted octanol–water partition coefficient (Wildman–Crippen LogP) is 11.3.